The molecule has 1 amide bonds. The van der Waals surface area contributed by atoms with Crippen LogP contribution in [0.15, 0.2) is 72.8 Å². The van der Waals surface area contributed by atoms with Crippen LogP contribution in [0.1, 0.15) is 21.5 Å². The van der Waals surface area contributed by atoms with Crippen LogP contribution in [0.25, 0.3) is 22.5 Å². The SMILES string of the molecule is O=C(Nc1ccc(-c2n[nH]c3c2Cc2ccccc2-3)cc1)c1cccc([N+](=O)[O-])c1. The lowest BCUT2D eigenvalue weighted by atomic mass is 10.1. The molecule has 0 spiro atoms. The van der Waals surface area contributed by atoms with Crippen molar-refractivity contribution in [1.82, 2.24) is 10.2 Å². The molecule has 4 aromatic rings. The first kappa shape index (κ1) is 17.8. The number of rotatable bonds is 4. The molecule has 1 heterocycles. The van der Waals surface area contributed by atoms with Crippen LogP contribution in [0.4, 0.5) is 11.4 Å². The Bertz CT molecular complexity index is 1290. The standard InChI is InChI=1S/C23H16N4O3/c28-23(16-5-3-6-18(12-16)27(29)30)24-17-10-8-14(9-11-17)21-20-13-15-4-1-2-7-19(15)22(20)26-25-21/h1-12H,13H2,(H,24,28)(H,25,26). The molecular formula is C23H16N4O3. The Morgan fingerprint density at radius 2 is 1.83 bits per heavy atom. The number of aromatic nitrogens is 2. The monoisotopic (exact) mass is 396 g/mol. The molecule has 3 aromatic carbocycles. The summed E-state index contributed by atoms with van der Waals surface area (Å²) < 4.78 is 0. The molecule has 0 aliphatic heterocycles. The summed E-state index contributed by atoms with van der Waals surface area (Å²) in [6, 6.07) is 21.3. The molecule has 1 aromatic heterocycles. The zero-order valence-electron chi connectivity index (χ0n) is 15.8. The van der Waals surface area contributed by atoms with Gasteiger partial charge in [0.15, 0.2) is 0 Å². The summed E-state index contributed by atoms with van der Waals surface area (Å²) in [6.45, 7) is 0. The summed E-state index contributed by atoms with van der Waals surface area (Å²) in [6.07, 6.45) is 0.836. The van der Waals surface area contributed by atoms with Crippen molar-refractivity contribution < 1.29 is 9.72 Å². The summed E-state index contributed by atoms with van der Waals surface area (Å²) in [7, 11) is 0. The van der Waals surface area contributed by atoms with E-state index in [4.69, 9.17) is 0 Å². The zero-order valence-corrected chi connectivity index (χ0v) is 15.8. The Kier molecular flexibility index (Phi) is 4.14. The van der Waals surface area contributed by atoms with Crippen molar-refractivity contribution in [2.45, 2.75) is 6.42 Å². The number of benzene rings is 3. The highest BCUT2D eigenvalue weighted by atomic mass is 16.6. The number of nitro benzene ring substituents is 1. The summed E-state index contributed by atoms with van der Waals surface area (Å²) in [5, 5.41) is 21.3. The number of non-ortho nitro benzene ring substituents is 1. The first-order valence-electron chi connectivity index (χ1n) is 9.42. The molecule has 1 aliphatic rings. The number of aromatic amines is 1. The topological polar surface area (TPSA) is 101 Å². The molecule has 0 radical (unpaired) electrons. The Morgan fingerprint density at radius 1 is 1.03 bits per heavy atom. The maximum Gasteiger partial charge on any atom is 0.270 e. The number of nitro groups is 1. The van der Waals surface area contributed by atoms with Gasteiger partial charge in [-0.25, -0.2) is 0 Å². The smallest absolute Gasteiger partial charge is 0.270 e. The normalized spacial score (nSPS) is 11.6. The lowest BCUT2D eigenvalue weighted by Gasteiger charge is -2.07. The van der Waals surface area contributed by atoms with Crippen LogP contribution < -0.4 is 5.32 Å². The van der Waals surface area contributed by atoms with E-state index in [2.05, 4.69) is 27.6 Å². The third-order valence-electron chi connectivity index (χ3n) is 5.26. The van der Waals surface area contributed by atoms with Crippen molar-refractivity contribution in [2.75, 3.05) is 5.32 Å². The van der Waals surface area contributed by atoms with Crippen molar-refractivity contribution in [3.8, 4) is 22.5 Å². The van der Waals surface area contributed by atoms with Crippen LogP contribution in [-0.4, -0.2) is 21.0 Å². The highest BCUT2D eigenvalue weighted by molar-refractivity contribution is 6.04. The van der Waals surface area contributed by atoms with Gasteiger partial charge in [-0.1, -0.05) is 42.5 Å². The van der Waals surface area contributed by atoms with Crippen molar-refractivity contribution in [3.05, 3.63) is 99.6 Å². The average molecular weight is 396 g/mol. The number of H-pyrrole nitrogens is 1. The summed E-state index contributed by atoms with van der Waals surface area (Å²) in [5.41, 5.74) is 7.27. The first-order chi connectivity index (χ1) is 14.6. The molecule has 30 heavy (non-hydrogen) atoms. The van der Waals surface area contributed by atoms with Gasteiger partial charge in [0, 0.05) is 46.5 Å². The fourth-order valence-corrected chi connectivity index (χ4v) is 3.78. The summed E-state index contributed by atoms with van der Waals surface area (Å²) >= 11 is 0. The number of hydrogen-bond acceptors (Lipinski definition) is 4. The van der Waals surface area contributed by atoms with Crippen LogP contribution in [0.2, 0.25) is 0 Å². The van der Waals surface area contributed by atoms with Gasteiger partial charge in [0.2, 0.25) is 0 Å². The molecule has 7 heteroatoms. The molecule has 1 aliphatic carbocycles. The van der Waals surface area contributed by atoms with Crippen molar-refractivity contribution in [2.24, 2.45) is 0 Å². The summed E-state index contributed by atoms with van der Waals surface area (Å²) in [4.78, 5) is 22.8. The number of carbonyl (C=O) groups excluding carboxylic acids is 1. The molecule has 0 saturated carbocycles. The number of nitrogens with one attached hydrogen (secondary N) is 2. The maximum atomic E-state index is 12.4. The molecule has 7 nitrogen and oxygen atoms in total. The zero-order chi connectivity index (χ0) is 20.7. The molecule has 0 fully saturated rings. The summed E-state index contributed by atoms with van der Waals surface area (Å²) in [5.74, 6) is -0.400. The van der Waals surface area contributed by atoms with Gasteiger partial charge in [-0.05, 0) is 23.8 Å². The van der Waals surface area contributed by atoms with Crippen LogP contribution in [0.5, 0.6) is 0 Å². The van der Waals surface area contributed by atoms with E-state index >= 15 is 0 Å². The van der Waals surface area contributed by atoms with Crippen LogP contribution in [-0.2, 0) is 6.42 Å². The average Bonchev–Trinajstić information content (AvgIpc) is 3.34. The lowest BCUT2D eigenvalue weighted by molar-refractivity contribution is -0.384. The van der Waals surface area contributed by atoms with E-state index in [0.29, 0.717) is 5.69 Å². The number of carbonyl (C=O) groups is 1. The van der Waals surface area contributed by atoms with E-state index in [1.165, 1.54) is 34.9 Å². The number of nitrogens with zero attached hydrogens (tertiary/aromatic N) is 2. The van der Waals surface area contributed by atoms with Crippen LogP contribution in [0, 0.1) is 10.1 Å². The van der Waals surface area contributed by atoms with E-state index in [9.17, 15) is 14.9 Å². The number of hydrogen-bond donors (Lipinski definition) is 2. The third-order valence-corrected chi connectivity index (χ3v) is 5.26. The predicted molar refractivity (Wildman–Crippen MR) is 113 cm³/mol. The second-order valence-electron chi connectivity index (χ2n) is 7.10. The minimum Gasteiger partial charge on any atom is -0.322 e. The van der Waals surface area contributed by atoms with Gasteiger partial charge in [-0.3, -0.25) is 20.0 Å². The highest BCUT2D eigenvalue weighted by Crippen LogP contribution is 2.39. The Hall–Kier alpha value is -4.26. The number of anilines is 1. The second-order valence-corrected chi connectivity index (χ2v) is 7.10. The lowest BCUT2D eigenvalue weighted by Crippen LogP contribution is -2.12. The minimum atomic E-state index is -0.522. The predicted octanol–water partition coefficient (Wildman–Crippen LogP) is 4.81. The minimum absolute atomic E-state index is 0.119. The molecule has 146 valence electrons. The first-order valence-corrected chi connectivity index (χ1v) is 9.42. The third kappa shape index (κ3) is 3.02. The second kappa shape index (κ2) is 6.97. The Morgan fingerprint density at radius 3 is 2.63 bits per heavy atom. The highest BCUT2D eigenvalue weighted by Gasteiger charge is 2.24. The fourth-order valence-electron chi connectivity index (χ4n) is 3.78. The van der Waals surface area contributed by atoms with Crippen molar-refractivity contribution >= 4 is 17.3 Å². The van der Waals surface area contributed by atoms with E-state index in [-0.39, 0.29) is 11.3 Å². The van der Waals surface area contributed by atoms with Gasteiger partial charge in [0.05, 0.1) is 16.3 Å². The molecule has 0 bridgehead atoms. The molecule has 0 atom stereocenters. The van der Waals surface area contributed by atoms with Gasteiger partial charge in [-0.2, -0.15) is 5.10 Å². The molecule has 2 N–H and O–H groups in total. The molecule has 0 saturated heterocycles. The number of fused-ring (bicyclic) bond motifs is 3. The van der Waals surface area contributed by atoms with E-state index in [1.807, 2.05) is 24.3 Å². The maximum absolute atomic E-state index is 12.4. The Balaban J connectivity index is 1.36. The van der Waals surface area contributed by atoms with Gasteiger partial charge in [0.1, 0.15) is 0 Å². The van der Waals surface area contributed by atoms with Crippen LogP contribution in [0.3, 0.4) is 0 Å². The van der Waals surface area contributed by atoms with E-state index in [1.54, 1.807) is 18.2 Å². The molecule has 0 unspecified atom stereocenters. The van der Waals surface area contributed by atoms with Crippen LogP contribution >= 0.6 is 0 Å². The van der Waals surface area contributed by atoms with Gasteiger partial charge >= 0.3 is 0 Å². The van der Waals surface area contributed by atoms with Crippen molar-refractivity contribution in [3.63, 3.8) is 0 Å². The van der Waals surface area contributed by atoms with Crippen molar-refractivity contribution in [1.29, 1.82) is 0 Å². The quantitative estimate of drug-likeness (QED) is 0.336. The Labute approximate surface area is 171 Å². The van der Waals surface area contributed by atoms with Gasteiger partial charge in [-0.15, -0.1) is 0 Å². The molecule has 5 rings (SSSR count). The largest absolute Gasteiger partial charge is 0.322 e. The molecular weight excluding hydrogens is 380 g/mol. The van der Waals surface area contributed by atoms with Gasteiger partial charge < -0.3 is 5.32 Å². The van der Waals surface area contributed by atoms with E-state index in [0.717, 1.165) is 23.4 Å². The fraction of sp³-hybridized carbons (Fsp3) is 0.0435. The van der Waals surface area contributed by atoms with Gasteiger partial charge in [0.25, 0.3) is 11.6 Å². The van der Waals surface area contributed by atoms with E-state index < -0.39 is 10.8 Å². The number of amides is 1.